The summed E-state index contributed by atoms with van der Waals surface area (Å²) in [6, 6.07) is -0.0959. The topological polar surface area (TPSA) is 119 Å². The number of hydrogen-bond donors (Lipinski definition) is 3. The number of ether oxygens (including phenoxy) is 1. The first-order valence-electron chi connectivity index (χ1n) is 11.8. The van der Waals surface area contributed by atoms with Crippen LogP contribution in [0, 0.1) is 5.92 Å². The van der Waals surface area contributed by atoms with E-state index < -0.39 is 5.91 Å². The Kier molecular flexibility index (Phi) is 7.25. The zero-order valence-corrected chi connectivity index (χ0v) is 19.5. The Morgan fingerprint density at radius 1 is 1.27 bits per heavy atom. The number of anilines is 1. The largest absolute Gasteiger partial charge is 0.442 e. The highest BCUT2D eigenvalue weighted by Crippen LogP contribution is 2.30. The number of allylic oxidation sites excluding steroid dienone is 4. The van der Waals surface area contributed by atoms with E-state index in [4.69, 9.17) is 16.2 Å². The highest BCUT2D eigenvalue weighted by molar-refractivity contribution is 5.95. The monoisotopic (exact) mass is 450 g/mol. The van der Waals surface area contributed by atoms with Crippen molar-refractivity contribution in [1.82, 2.24) is 14.9 Å². The van der Waals surface area contributed by atoms with Crippen molar-refractivity contribution in [2.24, 2.45) is 17.4 Å². The minimum atomic E-state index is -0.615. The minimum absolute atomic E-state index is 0.00186. The van der Waals surface area contributed by atoms with Gasteiger partial charge < -0.3 is 26.4 Å². The van der Waals surface area contributed by atoms with E-state index in [0.717, 1.165) is 25.3 Å². The van der Waals surface area contributed by atoms with E-state index in [1.165, 1.54) is 18.4 Å². The fourth-order valence-electron chi connectivity index (χ4n) is 4.48. The Morgan fingerprint density at radius 2 is 2.06 bits per heavy atom. The zero-order valence-electron chi connectivity index (χ0n) is 19.5. The first-order chi connectivity index (χ1) is 15.9. The summed E-state index contributed by atoms with van der Waals surface area (Å²) in [5.41, 5.74) is 13.8. The van der Waals surface area contributed by atoms with Crippen LogP contribution in [-0.2, 0) is 6.42 Å². The van der Waals surface area contributed by atoms with Crippen LogP contribution in [0.5, 0.6) is 5.88 Å². The number of hydrogen-bond acceptors (Lipinski definition) is 7. The molecular formula is C25H34N6O2. The van der Waals surface area contributed by atoms with E-state index in [1.54, 1.807) is 0 Å². The quantitative estimate of drug-likeness (QED) is 0.584. The summed E-state index contributed by atoms with van der Waals surface area (Å²) in [7, 11) is 2.18. The Balaban J connectivity index is 1.51. The van der Waals surface area contributed by atoms with Gasteiger partial charge in [0.1, 0.15) is 11.5 Å². The number of carbonyl (C=O) groups is 1. The van der Waals surface area contributed by atoms with Crippen molar-refractivity contribution in [2.45, 2.75) is 51.1 Å². The number of amides is 1. The second-order valence-electron chi connectivity index (χ2n) is 9.01. The molecule has 4 rings (SSSR count). The van der Waals surface area contributed by atoms with E-state index in [1.807, 2.05) is 25.2 Å². The molecule has 33 heavy (non-hydrogen) atoms. The summed E-state index contributed by atoms with van der Waals surface area (Å²) < 4.78 is 6.05. The number of nitrogens with zero attached hydrogens (tertiary/aromatic N) is 3. The van der Waals surface area contributed by atoms with E-state index in [0.29, 0.717) is 36.2 Å². The van der Waals surface area contributed by atoms with Gasteiger partial charge in [-0.05, 0) is 63.4 Å². The predicted octanol–water partition coefficient (Wildman–Crippen LogP) is 2.70. The van der Waals surface area contributed by atoms with Crippen molar-refractivity contribution >= 4 is 11.7 Å². The highest BCUT2D eigenvalue weighted by Gasteiger charge is 2.24. The third kappa shape index (κ3) is 5.69. The number of likely N-dealkylation sites (tertiary alicyclic amines) is 1. The van der Waals surface area contributed by atoms with Crippen LogP contribution in [0.2, 0.25) is 0 Å². The molecule has 2 atom stereocenters. The van der Waals surface area contributed by atoms with Gasteiger partial charge >= 0.3 is 0 Å². The van der Waals surface area contributed by atoms with Crippen LogP contribution >= 0.6 is 0 Å². The summed E-state index contributed by atoms with van der Waals surface area (Å²) >= 11 is 0. The summed E-state index contributed by atoms with van der Waals surface area (Å²) in [6.45, 7) is 4.21. The first-order valence-corrected chi connectivity index (χ1v) is 11.8. The van der Waals surface area contributed by atoms with Gasteiger partial charge in [-0.2, -0.15) is 4.98 Å². The van der Waals surface area contributed by atoms with Crippen molar-refractivity contribution < 1.29 is 9.53 Å². The smallest absolute Gasteiger partial charge is 0.271 e. The van der Waals surface area contributed by atoms with Crippen LogP contribution < -0.4 is 21.5 Å². The Labute approximate surface area is 195 Å². The molecule has 1 aliphatic heterocycles. The molecule has 0 radical (unpaired) electrons. The molecule has 0 bridgehead atoms. The Morgan fingerprint density at radius 3 is 2.70 bits per heavy atom. The van der Waals surface area contributed by atoms with E-state index in [-0.39, 0.29) is 17.8 Å². The third-order valence-electron chi connectivity index (χ3n) is 6.45. The zero-order chi connectivity index (χ0) is 23.4. The van der Waals surface area contributed by atoms with Gasteiger partial charge in [0.2, 0.25) is 5.88 Å². The molecule has 1 fully saturated rings. The molecule has 5 N–H and O–H groups in total. The van der Waals surface area contributed by atoms with Gasteiger partial charge in [0.05, 0.1) is 0 Å². The van der Waals surface area contributed by atoms with Crippen LogP contribution in [0.25, 0.3) is 0 Å². The lowest BCUT2D eigenvalue weighted by Crippen LogP contribution is -2.31. The average Bonchev–Trinajstić information content (AvgIpc) is 2.80. The molecule has 0 spiro atoms. The van der Waals surface area contributed by atoms with Gasteiger partial charge in [-0.25, -0.2) is 4.98 Å². The van der Waals surface area contributed by atoms with Crippen molar-refractivity contribution in [3.05, 3.63) is 59.2 Å². The number of primary amides is 1. The van der Waals surface area contributed by atoms with E-state index >= 15 is 0 Å². The SMILES string of the molecule is CCc1nc(C(N)=O)c(NC2C=CC(C3CCN(C)CC3)=CC2)nc1OC1=CC=CC(N)C1. The third-order valence-corrected chi connectivity index (χ3v) is 6.45. The molecular weight excluding hydrogens is 416 g/mol. The molecule has 0 aromatic carbocycles. The van der Waals surface area contributed by atoms with Crippen molar-refractivity contribution in [2.75, 3.05) is 25.5 Å². The Bertz CT molecular complexity index is 1000. The fourth-order valence-corrected chi connectivity index (χ4v) is 4.48. The van der Waals surface area contributed by atoms with E-state index in [9.17, 15) is 4.79 Å². The maximum Gasteiger partial charge on any atom is 0.271 e. The van der Waals surface area contributed by atoms with Gasteiger partial charge in [-0.3, -0.25) is 4.79 Å². The van der Waals surface area contributed by atoms with Crippen LogP contribution in [0.3, 0.4) is 0 Å². The lowest BCUT2D eigenvalue weighted by Gasteiger charge is -2.31. The maximum absolute atomic E-state index is 12.1. The summed E-state index contributed by atoms with van der Waals surface area (Å²) in [5.74, 6) is 1.44. The molecule has 2 heterocycles. The Hall–Kier alpha value is -2.97. The summed E-state index contributed by atoms with van der Waals surface area (Å²) in [4.78, 5) is 23.6. The fraction of sp³-hybridized carbons (Fsp3) is 0.480. The molecule has 2 aliphatic carbocycles. The van der Waals surface area contributed by atoms with Gasteiger partial charge in [0.15, 0.2) is 11.5 Å². The minimum Gasteiger partial charge on any atom is -0.442 e. The van der Waals surface area contributed by atoms with Crippen LogP contribution in [0.1, 0.15) is 48.8 Å². The second kappa shape index (κ2) is 10.3. The normalized spacial score (nSPS) is 23.7. The molecule has 3 aliphatic rings. The molecule has 1 aromatic heterocycles. The number of nitrogens with two attached hydrogens (primary N) is 2. The number of aryl methyl sites for hydroxylation is 1. The molecule has 1 saturated heterocycles. The van der Waals surface area contributed by atoms with Crippen LogP contribution in [0.15, 0.2) is 47.8 Å². The molecule has 1 aromatic rings. The molecule has 8 nitrogen and oxygen atoms in total. The van der Waals surface area contributed by atoms with Gasteiger partial charge in [-0.1, -0.05) is 37.3 Å². The van der Waals surface area contributed by atoms with Gasteiger partial charge in [0.25, 0.3) is 5.91 Å². The highest BCUT2D eigenvalue weighted by atomic mass is 16.5. The van der Waals surface area contributed by atoms with Gasteiger partial charge in [0, 0.05) is 18.5 Å². The predicted molar refractivity (Wildman–Crippen MR) is 130 cm³/mol. The number of piperidine rings is 1. The average molecular weight is 451 g/mol. The van der Waals surface area contributed by atoms with Crippen LogP contribution in [-0.4, -0.2) is 53.0 Å². The number of carbonyl (C=O) groups excluding carboxylic acids is 1. The van der Waals surface area contributed by atoms with Crippen molar-refractivity contribution in [3.63, 3.8) is 0 Å². The standard InChI is InChI=1S/C25H34N6O2/c1-3-21-25(33-20-6-4-5-18(26)15-20)30-24(22(29-21)23(27)32)28-19-9-7-16(8-10-19)17-11-13-31(2)14-12-17/h4-9,17-19H,3,10-15,26H2,1-2H3,(H2,27,32)(H,28,30). The summed E-state index contributed by atoms with van der Waals surface area (Å²) in [6.07, 6.45) is 16.6. The van der Waals surface area contributed by atoms with Crippen LogP contribution in [0.4, 0.5) is 5.82 Å². The first kappa shape index (κ1) is 23.2. The van der Waals surface area contributed by atoms with Crippen molar-refractivity contribution in [3.8, 4) is 5.88 Å². The lowest BCUT2D eigenvalue weighted by atomic mass is 9.86. The number of rotatable bonds is 7. The second-order valence-corrected chi connectivity index (χ2v) is 9.01. The van der Waals surface area contributed by atoms with E-state index in [2.05, 4.69) is 45.5 Å². The maximum atomic E-state index is 12.1. The molecule has 8 heteroatoms. The van der Waals surface area contributed by atoms with Gasteiger partial charge in [-0.15, -0.1) is 0 Å². The molecule has 176 valence electrons. The molecule has 1 amide bonds. The molecule has 0 saturated carbocycles. The van der Waals surface area contributed by atoms with Crippen molar-refractivity contribution in [1.29, 1.82) is 0 Å². The number of aromatic nitrogens is 2. The lowest BCUT2D eigenvalue weighted by molar-refractivity contribution is 0.0995. The molecule has 2 unspecified atom stereocenters. The summed E-state index contributed by atoms with van der Waals surface area (Å²) in [5, 5.41) is 3.35. The number of nitrogens with one attached hydrogen (secondary N) is 1.